The van der Waals surface area contributed by atoms with Gasteiger partial charge in [0.05, 0.1) is 16.8 Å². The van der Waals surface area contributed by atoms with E-state index >= 15 is 0 Å². The molecule has 2 fully saturated rings. The van der Waals surface area contributed by atoms with Crippen LogP contribution in [0.3, 0.4) is 0 Å². The number of nitrogens with one attached hydrogen (secondary N) is 3. The molecule has 3 heterocycles. The SMILES string of the molecule is CC(C)C[C@H](NCO)C(=O)N1CCN(Cc2cccc(Nc3cc(Nc4cccc(CN5CCC[C@@H]5I)c4)ncn3)c2)CC1. The standard InChI is InChI=1S/C33H45IN8O2/c1-24(2)16-29(37-23-43)33(44)41-14-12-40(13-15-41)20-25-6-3-8-27(17-25)38-31-19-32(36-22-35-31)39-28-9-4-7-26(18-28)21-42-11-5-10-30(42)34/h3-4,6-9,17-19,22,24,29-30,37,43H,5,10-16,20-21,23H2,1-2H3,(H2,35,36,38,39)/t29-,30+/m0/s1. The number of hydrogen-bond acceptors (Lipinski definition) is 9. The van der Waals surface area contributed by atoms with Crippen LogP contribution in [0.1, 0.15) is 44.2 Å². The Balaban J connectivity index is 1.14. The highest BCUT2D eigenvalue weighted by molar-refractivity contribution is 14.1. The zero-order valence-corrected chi connectivity index (χ0v) is 27.9. The van der Waals surface area contributed by atoms with Crippen LogP contribution >= 0.6 is 22.6 Å². The average Bonchev–Trinajstić information content (AvgIpc) is 3.41. The van der Waals surface area contributed by atoms with Gasteiger partial charge in [0.15, 0.2) is 0 Å². The average molecular weight is 713 g/mol. The zero-order valence-electron chi connectivity index (χ0n) is 25.8. The summed E-state index contributed by atoms with van der Waals surface area (Å²) in [5.41, 5.74) is 4.48. The van der Waals surface area contributed by atoms with Crippen LogP contribution in [0.5, 0.6) is 0 Å². The molecule has 2 aromatic carbocycles. The van der Waals surface area contributed by atoms with Crippen molar-refractivity contribution in [1.29, 1.82) is 0 Å². The van der Waals surface area contributed by atoms with Crippen LogP contribution in [-0.4, -0.2) is 85.2 Å². The van der Waals surface area contributed by atoms with Crippen molar-refractivity contribution in [3.63, 3.8) is 0 Å². The van der Waals surface area contributed by atoms with Crippen molar-refractivity contribution in [3.05, 3.63) is 72.1 Å². The first kappa shape index (κ1) is 32.6. The molecule has 236 valence electrons. The number of hydrogen-bond donors (Lipinski definition) is 4. The number of carbonyl (C=O) groups is 1. The molecule has 11 heteroatoms. The third kappa shape index (κ3) is 9.33. The van der Waals surface area contributed by atoms with Gasteiger partial charge in [0.25, 0.3) is 0 Å². The summed E-state index contributed by atoms with van der Waals surface area (Å²) in [6.07, 6.45) is 4.83. The Labute approximate surface area is 274 Å². The fourth-order valence-electron chi connectivity index (χ4n) is 5.94. The normalized spacial score (nSPS) is 18.5. The van der Waals surface area contributed by atoms with Crippen LogP contribution in [0.25, 0.3) is 0 Å². The number of halogens is 1. The lowest BCUT2D eigenvalue weighted by Gasteiger charge is -2.36. The third-order valence-corrected chi connectivity index (χ3v) is 9.58. The number of amides is 1. The van der Waals surface area contributed by atoms with Crippen molar-refractivity contribution in [2.24, 2.45) is 5.92 Å². The fraction of sp³-hybridized carbons (Fsp3) is 0.485. The molecule has 2 aliphatic rings. The van der Waals surface area contributed by atoms with E-state index in [1.165, 1.54) is 24.0 Å². The predicted molar refractivity (Wildman–Crippen MR) is 184 cm³/mol. The Morgan fingerprint density at radius 3 is 2.14 bits per heavy atom. The smallest absolute Gasteiger partial charge is 0.239 e. The molecule has 5 rings (SSSR count). The number of anilines is 4. The highest BCUT2D eigenvalue weighted by atomic mass is 127. The van der Waals surface area contributed by atoms with Crippen molar-refractivity contribution < 1.29 is 9.90 Å². The summed E-state index contributed by atoms with van der Waals surface area (Å²) in [5, 5.41) is 19.2. The molecule has 0 spiro atoms. The van der Waals surface area contributed by atoms with Crippen LogP contribution in [0.2, 0.25) is 0 Å². The molecule has 0 saturated carbocycles. The molecule has 2 saturated heterocycles. The molecule has 0 bridgehead atoms. The largest absolute Gasteiger partial charge is 0.381 e. The summed E-state index contributed by atoms with van der Waals surface area (Å²) < 4.78 is 0.613. The van der Waals surface area contributed by atoms with E-state index in [0.717, 1.165) is 55.7 Å². The number of benzene rings is 2. The Morgan fingerprint density at radius 1 is 0.932 bits per heavy atom. The van der Waals surface area contributed by atoms with Crippen LogP contribution in [0, 0.1) is 5.92 Å². The first-order chi connectivity index (χ1) is 21.4. The number of nitrogens with zero attached hydrogens (tertiary/aromatic N) is 5. The maximum Gasteiger partial charge on any atom is 0.239 e. The van der Waals surface area contributed by atoms with Crippen molar-refractivity contribution in [2.75, 3.05) is 50.1 Å². The van der Waals surface area contributed by atoms with Gasteiger partial charge in [0, 0.05) is 56.7 Å². The number of aliphatic hydroxyl groups excluding tert-OH is 1. The van der Waals surface area contributed by atoms with Gasteiger partial charge < -0.3 is 20.6 Å². The molecule has 2 atom stereocenters. The third-order valence-electron chi connectivity index (χ3n) is 8.17. The van der Waals surface area contributed by atoms with Gasteiger partial charge >= 0.3 is 0 Å². The van der Waals surface area contributed by atoms with Gasteiger partial charge in [-0.25, -0.2) is 9.97 Å². The molecular weight excluding hydrogens is 667 g/mol. The Kier molecular flexibility index (Phi) is 11.8. The molecule has 44 heavy (non-hydrogen) atoms. The van der Waals surface area contributed by atoms with Gasteiger partial charge in [-0.1, -0.05) is 60.7 Å². The van der Waals surface area contributed by atoms with Crippen molar-refractivity contribution >= 4 is 51.5 Å². The van der Waals surface area contributed by atoms with E-state index in [2.05, 4.69) is 115 Å². The number of rotatable bonds is 13. The fourth-order valence-corrected chi connectivity index (χ4v) is 6.86. The summed E-state index contributed by atoms with van der Waals surface area (Å²) in [5.74, 6) is 1.92. The molecule has 1 aromatic heterocycles. The molecule has 10 nitrogen and oxygen atoms in total. The lowest BCUT2D eigenvalue weighted by molar-refractivity contribution is -0.136. The van der Waals surface area contributed by atoms with E-state index in [1.807, 2.05) is 17.0 Å². The molecule has 4 N–H and O–H groups in total. The monoisotopic (exact) mass is 712 g/mol. The van der Waals surface area contributed by atoms with E-state index in [4.69, 9.17) is 0 Å². The number of likely N-dealkylation sites (tertiary alicyclic amines) is 1. The molecule has 1 amide bonds. The van der Waals surface area contributed by atoms with E-state index < -0.39 is 0 Å². The van der Waals surface area contributed by atoms with Crippen molar-refractivity contribution in [1.82, 2.24) is 30.0 Å². The highest BCUT2D eigenvalue weighted by Crippen LogP contribution is 2.26. The van der Waals surface area contributed by atoms with Gasteiger partial charge in [-0.3, -0.25) is 19.9 Å². The lowest BCUT2D eigenvalue weighted by Crippen LogP contribution is -2.54. The first-order valence-corrected chi connectivity index (χ1v) is 16.9. The second kappa shape index (κ2) is 15.9. The lowest BCUT2D eigenvalue weighted by atomic mass is 10.0. The summed E-state index contributed by atoms with van der Waals surface area (Å²) in [4.78, 5) is 28.8. The van der Waals surface area contributed by atoms with Crippen molar-refractivity contribution in [3.8, 4) is 0 Å². The summed E-state index contributed by atoms with van der Waals surface area (Å²) >= 11 is 2.55. The van der Waals surface area contributed by atoms with E-state index in [0.29, 0.717) is 29.5 Å². The zero-order chi connectivity index (χ0) is 30.9. The van der Waals surface area contributed by atoms with E-state index in [9.17, 15) is 9.90 Å². The topological polar surface area (TPSA) is 109 Å². The molecule has 0 aliphatic carbocycles. The van der Waals surface area contributed by atoms with Gasteiger partial charge in [-0.15, -0.1) is 0 Å². The number of alkyl halides is 1. The summed E-state index contributed by atoms with van der Waals surface area (Å²) in [6.45, 7) is 9.94. The van der Waals surface area contributed by atoms with E-state index in [1.54, 1.807) is 6.33 Å². The van der Waals surface area contributed by atoms with Crippen LogP contribution < -0.4 is 16.0 Å². The second-order valence-electron chi connectivity index (χ2n) is 12.1. The Morgan fingerprint density at radius 2 is 1.57 bits per heavy atom. The highest BCUT2D eigenvalue weighted by Gasteiger charge is 2.27. The van der Waals surface area contributed by atoms with Gasteiger partial charge in [-0.05, 0) is 67.1 Å². The van der Waals surface area contributed by atoms with Crippen LogP contribution in [0.4, 0.5) is 23.0 Å². The minimum atomic E-state index is -0.333. The minimum Gasteiger partial charge on any atom is -0.381 e. The summed E-state index contributed by atoms with van der Waals surface area (Å²) in [6, 6.07) is 18.5. The Hall–Kier alpha value is -2.84. The molecule has 2 aliphatic heterocycles. The van der Waals surface area contributed by atoms with Gasteiger partial charge in [0.2, 0.25) is 5.91 Å². The molecular formula is C33H45IN8O2. The number of aromatic nitrogens is 2. The predicted octanol–water partition coefficient (Wildman–Crippen LogP) is 4.92. The van der Waals surface area contributed by atoms with Crippen LogP contribution in [0.15, 0.2) is 60.9 Å². The molecule has 3 aromatic rings. The second-order valence-corrected chi connectivity index (χ2v) is 13.6. The molecule has 0 radical (unpaired) electrons. The molecule has 0 unspecified atom stereocenters. The minimum absolute atomic E-state index is 0.0847. The number of carbonyl (C=O) groups excluding carboxylic acids is 1. The Bertz CT molecular complexity index is 1370. The van der Waals surface area contributed by atoms with Crippen LogP contribution in [-0.2, 0) is 17.9 Å². The van der Waals surface area contributed by atoms with E-state index in [-0.39, 0.29) is 18.7 Å². The first-order valence-electron chi connectivity index (χ1n) is 15.6. The quantitative estimate of drug-likeness (QED) is 0.0851. The van der Waals surface area contributed by atoms with Gasteiger partial charge in [0.1, 0.15) is 18.0 Å². The summed E-state index contributed by atoms with van der Waals surface area (Å²) in [7, 11) is 0. The van der Waals surface area contributed by atoms with Gasteiger partial charge in [-0.2, -0.15) is 0 Å². The van der Waals surface area contributed by atoms with Crippen molar-refractivity contribution in [2.45, 2.75) is 56.3 Å². The maximum absolute atomic E-state index is 13.0. The maximum atomic E-state index is 13.0. The number of aliphatic hydroxyl groups is 1. The number of piperazine rings is 1.